The molecule has 16 heavy (non-hydrogen) atoms. The number of imidazole rings is 1. The molecule has 3 heteroatoms. The Balaban J connectivity index is 1.84. The van der Waals surface area contributed by atoms with E-state index in [-0.39, 0.29) is 0 Å². The predicted molar refractivity (Wildman–Crippen MR) is 66.4 cm³/mol. The van der Waals surface area contributed by atoms with E-state index in [1.165, 1.54) is 25.7 Å². The molecule has 0 amide bonds. The third-order valence-corrected chi connectivity index (χ3v) is 3.52. The fourth-order valence-corrected chi connectivity index (χ4v) is 2.56. The van der Waals surface area contributed by atoms with Crippen molar-refractivity contribution in [3.63, 3.8) is 0 Å². The van der Waals surface area contributed by atoms with Crippen molar-refractivity contribution >= 4 is 0 Å². The largest absolute Gasteiger partial charge is 0.333 e. The third kappa shape index (κ3) is 2.85. The van der Waals surface area contributed by atoms with Crippen molar-refractivity contribution in [2.24, 2.45) is 5.92 Å². The molecule has 0 radical (unpaired) electrons. The number of nitrogens with one attached hydrogen (secondary N) is 1. The zero-order valence-corrected chi connectivity index (χ0v) is 10.4. The highest BCUT2D eigenvalue weighted by Crippen LogP contribution is 2.29. The van der Waals surface area contributed by atoms with E-state index >= 15 is 0 Å². The zero-order valence-electron chi connectivity index (χ0n) is 10.4. The van der Waals surface area contributed by atoms with Gasteiger partial charge in [0, 0.05) is 24.5 Å². The van der Waals surface area contributed by atoms with E-state index in [2.05, 4.69) is 34.9 Å². The third-order valence-electron chi connectivity index (χ3n) is 3.52. The number of aromatic nitrogens is 2. The average Bonchev–Trinajstić information content (AvgIpc) is 2.84. The van der Waals surface area contributed by atoms with Crippen molar-refractivity contribution in [2.75, 3.05) is 6.54 Å². The van der Waals surface area contributed by atoms with Crippen molar-refractivity contribution < 1.29 is 0 Å². The van der Waals surface area contributed by atoms with E-state index in [1.807, 2.05) is 12.5 Å². The molecule has 1 aliphatic rings. The van der Waals surface area contributed by atoms with Crippen LogP contribution in [-0.4, -0.2) is 22.1 Å². The summed E-state index contributed by atoms with van der Waals surface area (Å²) in [6.07, 6.45) is 11.1. The topological polar surface area (TPSA) is 29.9 Å². The van der Waals surface area contributed by atoms with Gasteiger partial charge in [-0.15, -0.1) is 0 Å². The standard InChI is InChI=1S/C13H23N3/c1-11(2)6-7-15-12-4-3-5-13(12)16-9-8-14-10-16/h8-13,15H,3-7H2,1-2H3. The van der Waals surface area contributed by atoms with E-state index in [0.717, 1.165) is 12.5 Å². The van der Waals surface area contributed by atoms with E-state index in [4.69, 9.17) is 0 Å². The lowest BCUT2D eigenvalue weighted by Gasteiger charge is -2.22. The maximum absolute atomic E-state index is 4.14. The van der Waals surface area contributed by atoms with Crippen LogP contribution in [0.25, 0.3) is 0 Å². The summed E-state index contributed by atoms with van der Waals surface area (Å²) >= 11 is 0. The van der Waals surface area contributed by atoms with Gasteiger partial charge in [-0.05, 0) is 38.1 Å². The molecule has 0 saturated heterocycles. The molecule has 0 aromatic carbocycles. The number of hydrogen-bond acceptors (Lipinski definition) is 2. The molecule has 1 aliphatic carbocycles. The Kier molecular flexibility index (Phi) is 3.99. The van der Waals surface area contributed by atoms with Crippen LogP contribution in [0.1, 0.15) is 45.6 Å². The minimum atomic E-state index is 0.620. The summed E-state index contributed by atoms with van der Waals surface area (Å²) in [6.45, 7) is 5.71. The van der Waals surface area contributed by atoms with Crippen molar-refractivity contribution in [1.29, 1.82) is 0 Å². The maximum atomic E-state index is 4.14. The van der Waals surface area contributed by atoms with Gasteiger partial charge in [0.05, 0.1) is 6.33 Å². The maximum Gasteiger partial charge on any atom is 0.0949 e. The first-order valence-electron chi connectivity index (χ1n) is 6.48. The van der Waals surface area contributed by atoms with E-state index in [0.29, 0.717) is 12.1 Å². The molecule has 0 bridgehead atoms. The first kappa shape index (κ1) is 11.6. The van der Waals surface area contributed by atoms with Crippen LogP contribution in [0.15, 0.2) is 18.7 Å². The van der Waals surface area contributed by atoms with Gasteiger partial charge in [0.1, 0.15) is 0 Å². The summed E-state index contributed by atoms with van der Waals surface area (Å²) in [4.78, 5) is 4.14. The average molecular weight is 221 g/mol. The lowest BCUT2D eigenvalue weighted by atomic mass is 10.1. The van der Waals surface area contributed by atoms with Crippen molar-refractivity contribution in [1.82, 2.24) is 14.9 Å². The van der Waals surface area contributed by atoms with E-state index < -0.39 is 0 Å². The van der Waals surface area contributed by atoms with Crippen molar-refractivity contribution in [3.05, 3.63) is 18.7 Å². The highest BCUT2D eigenvalue weighted by Gasteiger charge is 2.27. The van der Waals surface area contributed by atoms with Gasteiger partial charge in [-0.1, -0.05) is 13.8 Å². The Hall–Kier alpha value is -0.830. The second-order valence-electron chi connectivity index (χ2n) is 5.25. The number of hydrogen-bond donors (Lipinski definition) is 1. The second kappa shape index (κ2) is 5.48. The normalized spacial score (nSPS) is 25.4. The molecule has 1 heterocycles. The molecule has 2 unspecified atom stereocenters. The Labute approximate surface area is 98.3 Å². The van der Waals surface area contributed by atoms with Crippen molar-refractivity contribution in [3.8, 4) is 0 Å². The summed E-state index contributed by atoms with van der Waals surface area (Å²) in [6, 6.07) is 1.27. The van der Waals surface area contributed by atoms with Crippen LogP contribution in [0, 0.1) is 5.92 Å². The van der Waals surface area contributed by atoms with Gasteiger partial charge < -0.3 is 9.88 Å². The monoisotopic (exact) mass is 221 g/mol. The smallest absolute Gasteiger partial charge is 0.0949 e. The predicted octanol–water partition coefficient (Wildman–Crippen LogP) is 2.61. The molecular weight excluding hydrogens is 198 g/mol. The number of nitrogens with zero attached hydrogens (tertiary/aromatic N) is 2. The highest BCUT2D eigenvalue weighted by atomic mass is 15.1. The molecule has 1 N–H and O–H groups in total. The number of rotatable bonds is 5. The van der Waals surface area contributed by atoms with Crippen LogP contribution in [0.4, 0.5) is 0 Å². The molecule has 2 atom stereocenters. The van der Waals surface area contributed by atoms with E-state index in [1.54, 1.807) is 0 Å². The Morgan fingerprint density at radius 1 is 1.44 bits per heavy atom. The fraction of sp³-hybridized carbons (Fsp3) is 0.769. The van der Waals surface area contributed by atoms with Gasteiger partial charge in [0.15, 0.2) is 0 Å². The van der Waals surface area contributed by atoms with Gasteiger partial charge >= 0.3 is 0 Å². The van der Waals surface area contributed by atoms with Crippen LogP contribution in [0.3, 0.4) is 0 Å². The quantitative estimate of drug-likeness (QED) is 0.828. The molecule has 1 aromatic heterocycles. The van der Waals surface area contributed by atoms with Crippen LogP contribution in [-0.2, 0) is 0 Å². The van der Waals surface area contributed by atoms with Crippen LogP contribution < -0.4 is 5.32 Å². The van der Waals surface area contributed by atoms with Gasteiger partial charge in [-0.3, -0.25) is 0 Å². The van der Waals surface area contributed by atoms with Gasteiger partial charge in [-0.25, -0.2) is 4.98 Å². The molecule has 90 valence electrons. The molecule has 2 rings (SSSR count). The van der Waals surface area contributed by atoms with Crippen molar-refractivity contribution in [2.45, 2.75) is 51.6 Å². The summed E-state index contributed by atoms with van der Waals surface area (Å²) < 4.78 is 2.26. The van der Waals surface area contributed by atoms with Crippen LogP contribution in [0.2, 0.25) is 0 Å². The highest BCUT2D eigenvalue weighted by molar-refractivity contribution is 4.91. The summed E-state index contributed by atoms with van der Waals surface area (Å²) in [5.74, 6) is 0.792. The van der Waals surface area contributed by atoms with E-state index in [9.17, 15) is 0 Å². The van der Waals surface area contributed by atoms with Gasteiger partial charge in [0.25, 0.3) is 0 Å². The first-order chi connectivity index (χ1) is 7.77. The molecular formula is C13H23N3. The summed E-state index contributed by atoms with van der Waals surface area (Å²) in [7, 11) is 0. The fourth-order valence-electron chi connectivity index (χ4n) is 2.56. The summed E-state index contributed by atoms with van der Waals surface area (Å²) in [5.41, 5.74) is 0. The molecule has 1 aromatic rings. The lowest BCUT2D eigenvalue weighted by Crippen LogP contribution is -2.34. The Morgan fingerprint density at radius 3 is 3.00 bits per heavy atom. The molecule has 3 nitrogen and oxygen atoms in total. The van der Waals surface area contributed by atoms with Gasteiger partial charge in [0.2, 0.25) is 0 Å². The minimum Gasteiger partial charge on any atom is -0.333 e. The first-order valence-corrected chi connectivity index (χ1v) is 6.48. The van der Waals surface area contributed by atoms with Gasteiger partial charge in [-0.2, -0.15) is 0 Å². The Morgan fingerprint density at radius 2 is 2.31 bits per heavy atom. The zero-order chi connectivity index (χ0) is 11.4. The summed E-state index contributed by atoms with van der Waals surface area (Å²) in [5, 5.41) is 3.70. The van der Waals surface area contributed by atoms with Crippen LogP contribution >= 0.6 is 0 Å². The molecule has 1 saturated carbocycles. The van der Waals surface area contributed by atoms with Crippen LogP contribution in [0.5, 0.6) is 0 Å². The molecule has 1 fully saturated rings. The Bertz CT molecular complexity index is 292. The SMILES string of the molecule is CC(C)CCNC1CCCC1n1ccnc1. The molecule has 0 aliphatic heterocycles. The second-order valence-corrected chi connectivity index (χ2v) is 5.25. The lowest BCUT2D eigenvalue weighted by molar-refractivity contribution is 0.380. The minimum absolute atomic E-state index is 0.620. The molecule has 0 spiro atoms.